The average molecular weight is 1060 g/mol. The van der Waals surface area contributed by atoms with E-state index in [1.807, 2.05) is 6.08 Å². The number of amides is 1. The molecule has 0 spiro atoms. The normalized spacial score (nSPS) is 12.5. The number of hydrogen-bond acceptors (Lipinski definition) is 5. The zero-order valence-corrected chi connectivity index (χ0v) is 51.1. The van der Waals surface area contributed by atoms with Gasteiger partial charge in [0, 0.05) is 12.8 Å². The van der Waals surface area contributed by atoms with E-state index in [-0.39, 0.29) is 18.5 Å². The van der Waals surface area contributed by atoms with Gasteiger partial charge in [-0.2, -0.15) is 0 Å². The Morgan fingerprint density at radius 2 is 0.613 bits per heavy atom. The molecule has 0 aliphatic heterocycles. The average Bonchev–Trinajstić information content (AvgIpc) is 3.41. The molecule has 2 unspecified atom stereocenters. The van der Waals surface area contributed by atoms with Gasteiger partial charge in [-0.05, 0) is 32.1 Å². The lowest BCUT2D eigenvalue weighted by atomic mass is 10.0. The van der Waals surface area contributed by atoms with Gasteiger partial charge in [-0.1, -0.05) is 360 Å². The van der Waals surface area contributed by atoms with E-state index >= 15 is 0 Å². The third-order valence-corrected chi connectivity index (χ3v) is 16.3. The van der Waals surface area contributed by atoms with Crippen LogP contribution in [0, 0.1) is 0 Å². The Balaban J connectivity index is 3.35. The number of carbonyl (C=O) groups is 2. The highest BCUT2D eigenvalue weighted by molar-refractivity contribution is 5.76. The third kappa shape index (κ3) is 61.7. The lowest BCUT2D eigenvalue weighted by molar-refractivity contribution is -0.143. The van der Waals surface area contributed by atoms with Crippen LogP contribution in [0.1, 0.15) is 393 Å². The van der Waals surface area contributed by atoms with Crippen LogP contribution in [-0.4, -0.2) is 47.4 Å². The fraction of sp³-hybridized carbons (Fsp3) is 0.942. The number of unbranched alkanes of at least 4 members (excludes halogenated alkanes) is 54. The van der Waals surface area contributed by atoms with Crippen LogP contribution in [0.15, 0.2) is 12.2 Å². The van der Waals surface area contributed by atoms with Crippen LogP contribution >= 0.6 is 0 Å². The Morgan fingerprint density at radius 3 is 0.907 bits per heavy atom. The first-order valence-electron chi connectivity index (χ1n) is 34.5. The van der Waals surface area contributed by atoms with E-state index in [0.29, 0.717) is 19.4 Å². The van der Waals surface area contributed by atoms with Gasteiger partial charge in [0.1, 0.15) is 0 Å². The van der Waals surface area contributed by atoms with Crippen LogP contribution in [0.4, 0.5) is 0 Å². The molecule has 0 heterocycles. The first-order chi connectivity index (χ1) is 37.0. The summed E-state index contributed by atoms with van der Waals surface area (Å²) in [7, 11) is 0. The van der Waals surface area contributed by atoms with Crippen LogP contribution in [0.2, 0.25) is 0 Å². The first-order valence-corrected chi connectivity index (χ1v) is 34.5. The predicted octanol–water partition coefficient (Wildman–Crippen LogP) is 22.0. The third-order valence-electron chi connectivity index (χ3n) is 16.3. The maximum atomic E-state index is 12.5. The number of nitrogens with one attached hydrogen (secondary N) is 1. The fourth-order valence-corrected chi connectivity index (χ4v) is 11.1. The number of ether oxygens (including phenoxy) is 1. The van der Waals surface area contributed by atoms with Crippen molar-refractivity contribution in [3.05, 3.63) is 12.2 Å². The smallest absolute Gasteiger partial charge is 0.305 e. The van der Waals surface area contributed by atoms with Crippen LogP contribution in [0.25, 0.3) is 0 Å². The van der Waals surface area contributed by atoms with Gasteiger partial charge in [-0.3, -0.25) is 9.59 Å². The molecule has 0 aliphatic carbocycles. The number of esters is 1. The molecular weight excluding hydrogens is 923 g/mol. The van der Waals surface area contributed by atoms with Gasteiger partial charge in [-0.25, -0.2) is 0 Å². The van der Waals surface area contributed by atoms with Crippen LogP contribution < -0.4 is 5.32 Å². The molecule has 3 N–H and O–H groups in total. The molecule has 0 aromatic rings. The van der Waals surface area contributed by atoms with Crippen LogP contribution in [-0.2, 0) is 14.3 Å². The number of rotatable bonds is 65. The van der Waals surface area contributed by atoms with Gasteiger partial charge in [-0.15, -0.1) is 0 Å². The van der Waals surface area contributed by atoms with Crippen molar-refractivity contribution in [3.63, 3.8) is 0 Å². The SMILES string of the molecule is CCCCCCCCCCCCCCC/C=C/C(O)C(CO)NC(=O)CCCCCCCCCCCCCCCCCCCCCCCCCCOC(=O)CCCCCCCCCCCCCCCCCCCCC. The molecule has 0 radical (unpaired) electrons. The summed E-state index contributed by atoms with van der Waals surface area (Å²) in [5.41, 5.74) is 0. The summed E-state index contributed by atoms with van der Waals surface area (Å²) in [5.74, 6) is -0.0432. The van der Waals surface area contributed by atoms with Gasteiger partial charge in [0.15, 0.2) is 0 Å². The van der Waals surface area contributed by atoms with E-state index in [0.717, 1.165) is 38.5 Å². The van der Waals surface area contributed by atoms with E-state index in [2.05, 4.69) is 19.2 Å². The Hall–Kier alpha value is -1.40. The summed E-state index contributed by atoms with van der Waals surface area (Å²) in [5, 5.41) is 23.2. The Kier molecular flexibility index (Phi) is 63.9. The fourth-order valence-electron chi connectivity index (χ4n) is 11.1. The minimum Gasteiger partial charge on any atom is -0.466 e. The molecule has 75 heavy (non-hydrogen) atoms. The second kappa shape index (κ2) is 65.1. The number of aliphatic hydroxyl groups is 2. The summed E-state index contributed by atoms with van der Waals surface area (Å²) in [4.78, 5) is 24.6. The zero-order chi connectivity index (χ0) is 54.3. The highest BCUT2D eigenvalue weighted by atomic mass is 16.5. The minimum absolute atomic E-state index is 0.0207. The highest BCUT2D eigenvalue weighted by Gasteiger charge is 2.18. The van der Waals surface area contributed by atoms with Crippen molar-refractivity contribution in [1.82, 2.24) is 5.32 Å². The Labute approximate surface area is 469 Å². The molecular formula is C69H135NO5. The monoisotopic (exact) mass is 1060 g/mol. The van der Waals surface area contributed by atoms with E-state index in [4.69, 9.17) is 4.74 Å². The van der Waals surface area contributed by atoms with Crippen molar-refractivity contribution in [2.24, 2.45) is 0 Å². The number of allylic oxidation sites excluding steroid dienone is 1. The van der Waals surface area contributed by atoms with E-state index < -0.39 is 12.1 Å². The highest BCUT2D eigenvalue weighted by Crippen LogP contribution is 2.19. The standard InChI is InChI=1S/C69H135NO5/c1-3-5-7-9-11-13-15-17-19-20-27-31-35-39-43-47-51-55-59-63-69(74)75-64-60-56-52-48-44-40-36-32-29-26-24-22-21-23-25-28-30-34-38-42-46-50-54-58-62-68(73)70-66(65-71)67(72)61-57-53-49-45-41-37-33-18-16-14-12-10-8-6-4-2/h57,61,66-67,71-72H,3-56,58-60,62-65H2,1-2H3,(H,70,73)/b61-57+. The molecule has 0 rings (SSSR count). The van der Waals surface area contributed by atoms with Gasteiger partial charge < -0.3 is 20.3 Å². The molecule has 6 nitrogen and oxygen atoms in total. The second-order valence-electron chi connectivity index (χ2n) is 23.9. The van der Waals surface area contributed by atoms with Crippen molar-refractivity contribution in [2.45, 2.75) is 405 Å². The molecule has 0 saturated carbocycles. The van der Waals surface area contributed by atoms with Gasteiger partial charge in [0.05, 0.1) is 25.4 Å². The molecule has 2 atom stereocenters. The minimum atomic E-state index is -0.843. The van der Waals surface area contributed by atoms with Crippen LogP contribution in [0.3, 0.4) is 0 Å². The number of aliphatic hydroxyl groups excluding tert-OH is 2. The van der Waals surface area contributed by atoms with Crippen LogP contribution in [0.5, 0.6) is 0 Å². The quantitative estimate of drug-likeness (QED) is 0.0320. The van der Waals surface area contributed by atoms with E-state index in [1.165, 1.54) is 327 Å². The lowest BCUT2D eigenvalue weighted by Gasteiger charge is -2.20. The lowest BCUT2D eigenvalue weighted by Crippen LogP contribution is -2.45. The molecule has 0 aromatic carbocycles. The van der Waals surface area contributed by atoms with Crippen molar-refractivity contribution < 1.29 is 24.5 Å². The first kappa shape index (κ1) is 73.6. The molecule has 0 bridgehead atoms. The maximum absolute atomic E-state index is 12.5. The van der Waals surface area contributed by atoms with Gasteiger partial charge in [0.25, 0.3) is 0 Å². The zero-order valence-electron chi connectivity index (χ0n) is 51.1. The van der Waals surface area contributed by atoms with E-state index in [1.54, 1.807) is 6.08 Å². The van der Waals surface area contributed by atoms with Crippen molar-refractivity contribution in [2.75, 3.05) is 13.2 Å². The maximum Gasteiger partial charge on any atom is 0.305 e. The molecule has 446 valence electrons. The molecule has 0 aromatic heterocycles. The Morgan fingerprint density at radius 1 is 0.360 bits per heavy atom. The Bertz CT molecular complexity index is 1130. The molecule has 1 amide bonds. The summed E-state index contributed by atoms with van der Waals surface area (Å²) in [6.07, 6.45) is 80.0. The molecule has 0 saturated heterocycles. The van der Waals surface area contributed by atoms with Gasteiger partial charge in [0.2, 0.25) is 5.91 Å². The number of carbonyl (C=O) groups excluding carboxylic acids is 2. The molecule has 0 fully saturated rings. The summed E-state index contributed by atoms with van der Waals surface area (Å²) >= 11 is 0. The largest absolute Gasteiger partial charge is 0.466 e. The molecule has 0 aliphatic rings. The molecule has 6 heteroatoms. The summed E-state index contributed by atoms with van der Waals surface area (Å²) in [6.45, 7) is 4.94. The number of hydrogen-bond donors (Lipinski definition) is 3. The van der Waals surface area contributed by atoms with Gasteiger partial charge >= 0.3 is 5.97 Å². The predicted molar refractivity (Wildman–Crippen MR) is 329 cm³/mol. The van der Waals surface area contributed by atoms with Crippen molar-refractivity contribution in [1.29, 1.82) is 0 Å². The van der Waals surface area contributed by atoms with E-state index in [9.17, 15) is 19.8 Å². The van der Waals surface area contributed by atoms with Crippen molar-refractivity contribution in [3.8, 4) is 0 Å². The van der Waals surface area contributed by atoms with Crippen molar-refractivity contribution >= 4 is 11.9 Å². The second-order valence-corrected chi connectivity index (χ2v) is 23.9. The summed E-state index contributed by atoms with van der Waals surface area (Å²) < 4.78 is 5.51. The topological polar surface area (TPSA) is 95.9 Å². The summed E-state index contributed by atoms with van der Waals surface area (Å²) in [6, 6.07) is -0.626.